The standard InChI is InChI=1S/C17H16N2O3/c1-22-13-8-6-12(7-9-13)10-11-19-15-5-3-2-4-14(15)16(18-19)17(20)21/h2-9H,10-11H2,1H3,(H,20,21). The van der Waals surface area contributed by atoms with Crippen LogP contribution in [0.15, 0.2) is 48.5 Å². The molecule has 1 aromatic heterocycles. The average Bonchev–Trinajstić information content (AvgIpc) is 2.92. The van der Waals surface area contributed by atoms with Gasteiger partial charge in [-0.3, -0.25) is 4.68 Å². The van der Waals surface area contributed by atoms with Gasteiger partial charge in [-0.2, -0.15) is 5.10 Å². The second kappa shape index (κ2) is 5.89. The number of aromatic nitrogens is 2. The number of aryl methyl sites for hydroxylation is 2. The van der Waals surface area contributed by atoms with E-state index < -0.39 is 5.97 Å². The highest BCUT2D eigenvalue weighted by Gasteiger charge is 2.15. The van der Waals surface area contributed by atoms with Crippen molar-refractivity contribution < 1.29 is 14.6 Å². The fourth-order valence-corrected chi connectivity index (χ4v) is 2.48. The van der Waals surface area contributed by atoms with Gasteiger partial charge in [-0.05, 0) is 30.2 Å². The lowest BCUT2D eigenvalue weighted by Gasteiger charge is -2.05. The van der Waals surface area contributed by atoms with Gasteiger partial charge in [-0.15, -0.1) is 0 Å². The average molecular weight is 296 g/mol. The molecule has 0 radical (unpaired) electrons. The zero-order chi connectivity index (χ0) is 15.5. The van der Waals surface area contributed by atoms with E-state index in [2.05, 4.69) is 5.10 Å². The zero-order valence-corrected chi connectivity index (χ0v) is 12.2. The fraction of sp³-hybridized carbons (Fsp3) is 0.176. The van der Waals surface area contributed by atoms with Gasteiger partial charge in [0.25, 0.3) is 0 Å². The van der Waals surface area contributed by atoms with Crippen LogP contribution in [0.2, 0.25) is 0 Å². The van der Waals surface area contributed by atoms with Crippen LogP contribution in [0.3, 0.4) is 0 Å². The highest BCUT2D eigenvalue weighted by Crippen LogP contribution is 2.19. The molecule has 1 heterocycles. The van der Waals surface area contributed by atoms with Gasteiger partial charge in [-0.25, -0.2) is 4.79 Å². The van der Waals surface area contributed by atoms with Crippen molar-refractivity contribution in [1.29, 1.82) is 0 Å². The number of carboxylic acids is 1. The molecule has 5 heteroatoms. The Bertz CT molecular complexity index is 806. The van der Waals surface area contributed by atoms with E-state index in [0.29, 0.717) is 11.9 Å². The van der Waals surface area contributed by atoms with Gasteiger partial charge >= 0.3 is 5.97 Å². The molecule has 0 unspecified atom stereocenters. The van der Waals surface area contributed by atoms with Crippen LogP contribution >= 0.6 is 0 Å². The molecule has 0 aliphatic heterocycles. The van der Waals surface area contributed by atoms with Crippen molar-refractivity contribution in [3.8, 4) is 5.75 Å². The molecule has 1 N–H and O–H groups in total. The van der Waals surface area contributed by atoms with E-state index in [1.807, 2.05) is 42.5 Å². The van der Waals surface area contributed by atoms with Gasteiger partial charge in [0.2, 0.25) is 0 Å². The Labute approximate surface area is 127 Å². The monoisotopic (exact) mass is 296 g/mol. The SMILES string of the molecule is COc1ccc(CCn2nc(C(=O)O)c3ccccc32)cc1. The summed E-state index contributed by atoms with van der Waals surface area (Å²) >= 11 is 0. The third-order valence-corrected chi connectivity index (χ3v) is 3.63. The maximum absolute atomic E-state index is 11.3. The first-order valence-corrected chi connectivity index (χ1v) is 7.01. The smallest absolute Gasteiger partial charge is 0.357 e. The number of benzene rings is 2. The number of para-hydroxylation sites is 1. The maximum atomic E-state index is 11.3. The van der Waals surface area contributed by atoms with Crippen molar-refractivity contribution in [1.82, 2.24) is 9.78 Å². The highest BCUT2D eigenvalue weighted by atomic mass is 16.5. The minimum absolute atomic E-state index is 0.102. The number of methoxy groups -OCH3 is 1. The van der Waals surface area contributed by atoms with Gasteiger partial charge in [0.1, 0.15) is 5.75 Å². The molecule has 3 aromatic rings. The first-order valence-electron chi connectivity index (χ1n) is 7.01. The summed E-state index contributed by atoms with van der Waals surface area (Å²) in [5, 5.41) is 14.2. The zero-order valence-electron chi connectivity index (χ0n) is 12.2. The molecule has 5 nitrogen and oxygen atoms in total. The Hall–Kier alpha value is -2.82. The second-order valence-electron chi connectivity index (χ2n) is 4.99. The maximum Gasteiger partial charge on any atom is 0.357 e. The lowest BCUT2D eigenvalue weighted by molar-refractivity contribution is 0.0691. The predicted octanol–water partition coefficient (Wildman–Crippen LogP) is 2.99. The molecule has 0 aliphatic carbocycles. The van der Waals surface area contributed by atoms with Gasteiger partial charge in [0.15, 0.2) is 5.69 Å². The van der Waals surface area contributed by atoms with Gasteiger partial charge < -0.3 is 9.84 Å². The number of rotatable bonds is 5. The van der Waals surface area contributed by atoms with E-state index in [1.165, 1.54) is 0 Å². The Balaban J connectivity index is 1.85. The largest absolute Gasteiger partial charge is 0.497 e. The summed E-state index contributed by atoms with van der Waals surface area (Å²) < 4.78 is 6.89. The molecule has 0 bridgehead atoms. The van der Waals surface area contributed by atoms with E-state index in [9.17, 15) is 9.90 Å². The van der Waals surface area contributed by atoms with Crippen LogP contribution in [-0.2, 0) is 13.0 Å². The van der Waals surface area contributed by atoms with Crippen LogP contribution in [0.1, 0.15) is 16.1 Å². The van der Waals surface area contributed by atoms with Crippen LogP contribution in [0.5, 0.6) is 5.75 Å². The number of hydrogen-bond donors (Lipinski definition) is 1. The van der Waals surface area contributed by atoms with Crippen molar-refractivity contribution in [3.05, 3.63) is 59.8 Å². The molecule has 0 atom stereocenters. The Kier molecular flexibility index (Phi) is 3.78. The number of fused-ring (bicyclic) bond motifs is 1. The normalized spacial score (nSPS) is 10.8. The van der Waals surface area contributed by atoms with Crippen molar-refractivity contribution in [3.63, 3.8) is 0 Å². The first-order chi connectivity index (χ1) is 10.7. The quantitative estimate of drug-likeness (QED) is 0.786. The molecule has 0 spiro atoms. The molecular weight excluding hydrogens is 280 g/mol. The van der Waals surface area contributed by atoms with Crippen LogP contribution in [0.4, 0.5) is 0 Å². The van der Waals surface area contributed by atoms with E-state index in [-0.39, 0.29) is 5.69 Å². The molecular formula is C17H16N2O3. The second-order valence-corrected chi connectivity index (χ2v) is 4.99. The molecule has 22 heavy (non-hydrogen) atoms. The Morgan fingerprint density at radius 3 is 2.59 bits per heavy atom. The molecule has 0 amide bonds. The molecule has 2 aromatic carbocycles. The third kappa shape index (κ3) is 2.65. The van der Waals surface area contributed by atoms with Crippen LogP contribution in [0.25, 0.3) is 10.9 Å². The van der Waals surface area contributed by atoms with Crippen molar-refractivity contribution >= 4 is 16.9 Å². The summed E-state index contributed by atoms with van der Waals surface area (Å²) in [7, 11) is 1.64. The van der Waals surface area contributed by atoms with Crippen LogP contribution in [0, 0.1) is 0 Å². The van der Waals surface area contributed by atoms with Crippen LogP contribution < -0.4 is 4.74 Å². The van der Waals surface area contributed by atoms with Gasteiger partial charge in [0, 0.05) is 11.9 Å². The summed E-state index contributed by atoms with van der Waals surface area (Å²) in [5.74, 6) is -0.180. The first kappa shape index (κ1) is 14.1. The van der Waals surface area contributed by atoms with Crippen molar-refractivity contribution in [2.45, 2.75) is 13.0 Å². The topological polar surface area (TPSA) is 64.4 Å². The molecule has 0 fully saturated rings. The van der Waals surface area contributed by atoms with E-state index >= 15 is 0 Å². The number of nitrogens with zero attached hydrogens (tertiary/aromatic N) is 2. The molecule has 112 valence electrons. The van der Waals surface area contributed by atoms with E-state index in [1.54, 1.807) is 17.9 Å². The molecule has 3 rings (SSSR count). The summed E-state index contributed by atoms with van der Waals surface area (Å²) in [6.45, 7) is 0.625. The summed E-state index contributed by atoms with van der Waals surface area (Å²) in [6, 6.07) is 15.2. The van der Waals surface area contributed by atoms with Crippen molar-refractivity contribution in [2.75, 3.05) is 7.11 Å². The summed E-state index contributed by atoms with van der Waals surface area (Å²) in [4.78, 5) is 11.3. The minimum Gasteiger partial charge on any atom is -0.497 e. The highest BCUT2D eigenvalue weighted by molar-refractivity contribution is 6.01. The third-order valence-electron chi connectivity index (χ3n) is 3.63. The molecule has 0 saturated carbocycles. The van der Waals surface area contributed by atoms with Gasteiger partial charge in [0.05, 0.1) is 12.6 Å². The lowest BCUT2D eigenvalue weighted by Crippen LogP contribution is -2.05. The minimum atomic E-state index is -1.00. The molecule has 0 saturated heterocycles. The number of carbonyl (C=O) groups is 1. The van der Waals surface area contributed by atoms with Crippen LogP contribution in [-0.4, -0.2) is 28.0 Å². The summed E-state index contributed by atoms with van der Waals surface area (Å²) in [5.41, 5.74) is 2.09. The molecule has 0 aliphatic rings. The number of ether oxygens (including phenoxy) is 1. The number of aromatic carboxylic acids is 1. The Morgan fingerprint density at radius 1 is 1.18 bits per heavy atom. The number of carboxylic acid groups (broad SMARTS) is 1. The van der Waals surface area contributed by atoms with E-state index in [4.69, 9.17) is 4.74 Å². The van der Waals surface area contributed by atoms with Gasteiger partial charge in [-0.1, -0.05) is 30.3 Å². The van der Waals surface area contributed by atoms with Crippen molar-refractivity contribution in [2.24, 2.45) is 0 Å². The number of hydrogen-bond acceptors (Lipinski definition) is 3. The summed E-state index contributed by atoms with van der Waals surface area (Å²) in [6.07, 6.45) is 0.773. The fourth-order valence-electron chi connectivity index (χ4n) is 2.48. The lowest BCUT2D eigenvalue weighted by atomic mass is 10.1. The predicted molar refractivity (Wildman–Crippen MR) is 83.4 cm³/mol. The Morgan fingerprint density at radius 2 is 1.91 bits per heavy atom. The van der Waals surface area contributed by atoms with E-state index in [0.717, 1.165) is 23.3 Å².